The van der Waals surface area contributed by atoms with E-state index in [0.29, 0.717) is 73.0 Å². The highest BCUT2D eigenvalue weighted by Crippen LogP contribution is 2.34. The second-order valence-electron chi connectivity index (χ2n) is 10.8. The van der Waals surface area contributed by atoms with Gasteiger partial charge >= 0.3 is 0 Å². The van der Waals surface area contributed by atoms with E-state index in [1.54, 1.807) is 30.3 Å². The molecule has 0 aliphatic carbocycles. The van der Waals surface area contributed by atoms with E-state index in [-0.39, 0.29) is 11.8 Å². The van der Waals surface area contributed by atoms with Crippen molar-refractivity contribution in [2.75, 3.05) is 50.8 Å². The van der Waals surface area contributed by atoms with Gasteiger partial charge in [-0.2, -0.15) is 4.98 Å². The normalized spacial score (nSPS) is 20.0. The number of anilines is 1. The number of hydrogen-bond donors (Lipinski definition) is 2. The first-order chi connectivity index (χ1) is 20.0. The van der Waals surface area contributed by atoms with Crippen LogP contribution in [0.25, 0.3) is 0 Å². The number of ether oxygens (including phenoxy) is 3. The van der Waals surface area contributed by atoms with Gasteiger partial charge in [0.2, 0.25) is 11.8 Å². The van der Waals surface area contributed by atoms with Crippen LogP contribution in [0.3, 0.4) is 0 Å². The van der Waals surface area contributed by atoms with Gasteiger partial charge in [0.15, 0.2) is 11.5 Å². The predicted molar refractivity (Wildman–Crippen MR) is 156 cm³/mol. The van der Waals surface area contributed by atoms with Gasteiger partial charge in [0.1, 0.15) is 30.9 Å². The molecule has 6 rings (SSSR count). The number of benzene rings is 2. The number of carbonyl (C=O) groups is 1. The molecule has 2 fully saturated rings. The molecule has 2 saturated heterocycles. The summed E-state index contributed by atoms with van der Waals surface area (Å²) in [5.41, 5.74) is 0.702. The van der Waals surface area contributed by atoms with Crippen molar-refractivity contribution in [3.63, 3.8) is 0 Å². The Morgan fingerprint density at radius 1 is 1.05 bits per heavy atom. The molecule has 0 spiro atoms. The minimum absolute atomic E-state index is 0.0538. The maximum Gasteiger partial charge on any atom is 0.225 e. The van der Waals surface area contributed by atoms with Crippen LogP contribution in [0.1, 0.15) is 30.9 Å². The van der Waals surface area contributed by atoms with Gasteiger partial charge in [-0.1, -0.05) is 23.7 Å². The van der Waals surface area contributed by atoms with E-state index < -0.39 is 12.1 Å². The van der Waals surface area contributed by atoms with Crippen LogP contribution in [0, 0.1) is 5.92 Å². The average Bonchev–Trinajstić information content (AvgIpc) is 3.71. The smallest absolute Gasteiger partial charge is 0.225 e. The van der Waals surface area contributed by atoms with E-state index in [9.17, 15) is 9.90 Å². The van der Waals surface area contributed by atoms with Gasteiger partial charge in [-0.3, -0.25) is 4.79 Å². The summed E-state index contributed by atoms with van der Waals surface area (Å²) < 4.78 is 17.3. The lowest BCUT2D eigenvalue weighted by molar-refractivity contribution is -0.126. The summed E-state index contributed by atoms with van der Waals surface area (Å²) in [5, 5.41) is 15.3. The highest BCUT2D eigenvalue weighted by atomic mass is 35.5. The number of fused-ring (bicyclic) bond motifs is 1. The fraction of sp³-hybridized carbons (Fsp3) is 0.419. The van der Waals surface area contributed by atoms with E-state index >= 15 is 0 Å². The summed E-state index contributed by atoms with van der Waals surface area (Å²) in [4.78, 5) is 22.6. The number of aliphatic hydroxyl groups excluding tert-OH is 1. The number of halogens is 1. The van der Waals surface area contributed by atoms with Crippen LogP contribution in [0.2, 0.25) is 5.02 Å². The van der Waals surface area contributed by atoms with E-state index in [4.69, 9.17) is 25.8 Å². The Morgan fingerprint density at radius 2 is 1.83 bits per heavy atom. The van der Waals surface area contributed by atoms with Crippen molar-refractivity contribution >= 4 is 23.3 Å². The van der Waals surface area contributed by atoms with Crippen LogP contribution in [0.15, 0.2) is 60.7 Å². The lowest BCUT2D eigenvalue weighted by Gasteiger charge is -2.30. The van der Waals surface area contributed by atoms with Gasteiger partial charge in [-0.15, -0.1) is 0 Å². The van der Waals surface area contributed by atoms with Crippen LogP contribution in [-0.4, -0.2) is 72.9 Å². The van der Waals surface area contributed by atoms with Crippen molar-refractivity contribution in [1.82, 2.24) is 15.2 Å². The third-order valence-electron chi connectivity index (χ3n) is 7.90. The van der Waals surface area contributed by atoms with Crippen molar-refractivity contribution in [2.45, 2.75) is 31.4 Å². The zero-order valence-electron chi connectivity index (χ0n) is 22.9. The highest BCUT2D eigenvalue weighted by Gasteiger charge is 2.33. The SMILES string of the molecule is O=C(N[C@H](CN1CCCC1)[C@H](O)c1ccc2c(c1)OCCO2)C1CCN(c2cccc(Oc3ccc(Cl)cc3)n2)C1. The monoisotopic (exact) mass is 578 g/mol. The van der Waals surface area contributed by atoms with Crippen LogP contribution < -0.4 is 24.4 Å². The summed E-state index contributed by atoms with van der Waals surface area (Å²) >= 11 is 5.98. The minimum Gasteiger partial charge on any atom is -0.486 e. The van der Waals surface area contributed by atoms with Crippen molar-refractivity contribution in [2.24, 2.45) is 5.92 Å². The molecule has 0 radical (unpaired) electrons. The first kappa shape index (κ1) is 27.6. The molecule has 3 aliphatic heterocycles. The molecule has 3 aromatic rings. The Hall–Kier alpha value is -3.53. The number of amides is 1. The standard InChI is InChI=1S/C31H35ClN4O5/c32-23-7-9-24(10-8-23)41-29-5-3-4-28(34-29)36-15-12-22(19-36)31(38)33-25(20-35-13-1-2-14-35)30(37)21-6-11-26-27(18-21)40-17-16-39-26/h3-11,18,22,25,30,37H,1-2,12-17,19-20H2,(H,33,38)/t22?,25-,30-/m1/s1. The van der Waals surface area contributed by atoms with Crippen LogP contribution in [0.4, 0.5) is 5.82 Å². The Kier molecular flexibility index (Phi) is 8.46. The molecule has 0 saturated carbocycles. The number of aromatic nitrogens is 1. The number of nitrogens with zero attached hydrogens (tertiary/aromatic N) is 3. The first-order valence-electron chi connectivity index (χ1n) is 14.3. The van der Waals surface area contributed by atoms with Gasteiger partial charge in [0.25, 0.3) is 0 Å². The molecule has 3 aliphatic rings. The molecule has 2 N–H and O–H groups in total. The maximum absolute atomic E-state index is 13.5. The van der Waals surface area contributed by atoms with E-state index in [1.807, 2.05) is 30.3 Å². The summed E-state index contributed by atoms with van der Waals surface area (Å²) in [6.45, 7) is 4.76. The molecule has 1 aromatic heterocycles. The summed E-state index contributed by atoms with van der Waals surface area (Å²) in [6, 6.07) is 17.8. The van der Waals surface area contributed by atoms with Crippen LogP contribution >= 0.6 is 11.6 Å². The molecule has 2 aromatic carbocycles. The van der Waals surface area contributed by atoms with E-state index in [2.05, 4.69) is 20.1 Å². The number of hydrogen-bond acceptors (Lipinski definition) is 8. The lowest BCUT2D eigenvalue weighted by atomic mass is 9.99. The number of aliphatic hydroxyl groups is 1. The molecule has 1 amide bonds. The third kappa shape index (κ3) is 6.69. The van der Waals surface area contributed by atoms with Crippen LogP contribution in [-0.2, 0) is 4.79 Å². The molecule has 10 heteroatoms. The van der Waals surface area contributed by atoms with Crippen molar-refractivity contribution in [3.05, 3.63) is 71.2 Å². The Balaban J connectivity index is 1.11. The summed E-state index contributed by atoms with van der Waals surface area (Å²) in [7, 11) is 0. The number of likely N-dealkylation sites (tertiary alicyclic amines) is 1. The molecule has 1 unspecified atom stereocenters. The Morgan fingerprint density at radius 3 is 2.63 bits per heavy atom. The zero-order chi connectivity index (χ0) is 28.2. The average molecular weight is 579 g/mol. The van der Waals surface area contributed by atoms with E-state index in [0.717, 1.165) is 31.7 Å². The minimum atomic E-state index is -0.878. The molecule has 9 nitrogen and oxygen atoms in total. The van der Waals surface area contributed by atoms with Gasteiger partial charge in [-0.05, 0) is 80.4 Å². The zero-order valence-corrected chi connectivity index (χ0v) is 23.6. The lowest BCUT2D eigenvalue weighted by Crippen LogP contribution is -2.48. The molecule has 41 heavy (non-hydrogen) atoms. The second kappa shape index (κ2) is 12.5. The largest absolute Gasteiger partial charge is 0.486 e. The van der Waals surface area contributed by atoms with Crippen molar-refractivity contribution < 1.29 is 24.1 Å². The highest BCUT2D eigenvalue weighted by molar-refractivity contribution is 6.30. The summed E-state index contributed by atoms with van der Waals surface area (Å²) in [6.07, 6.45) is 2.08. The van der Waals surface area contributed by atoms with Crippen LogP contribution in [0.5, 0.6) is 23.1 Å². The molecular weight excluding hydrogens is 544 g/mol. The third-order valence-corrected chi connectivity index (χ3v) is 8.15. The fourth-order valence-electron chi connectivity index (χ4n) is 5.69. The molecule has 4 heterocycles. The molecule has 0 bridgehead atoms. The molecular formula is C31H35ClN4O5. The van der Waals surface area contributed by atoms with Crippen molar-refractivity contribution in [1.29, 1.82) is 0 Å². The van der Waals surface area contributed by atoms with Gasteiger partial charge in [0.05, 0.1) is 12.0 Å². The maximum atomic E-state index is 13.5. The number of nitrogens with one attached hydrogen (secondary N) is 1. The summed E-state index contributed by atoms with van der Waals surface area (Å²) in [5.74, 6) is 2.92. The number of rotatable bonds is 9. The second-order valence-corrected chi connectivity index (χ2v) is 11.2. The first-order valence-corrected chi connectivity index (χ1v) is 14.7. The number of pyridine rings is 1. The fourth-order valence-corrected chi connectivity index (χ4v) is 5.81. The van der Waals surface area contributed by atoms with Gasteiger partial charge in [0, 0.05) is 30.7 Å². The van der Waals surface area contributed by atoms with Gasteiger partial charge in [-0.25, -0.2) is 0 Å². The number of carbonyl (C=O) groups excluding carboxylic acids is 1. The van der Waals surface area contributed by atoms with Crippen molar-refractivity contribution in [3.8, 4) is 23.1 Å². The van der Waals surface area contributed by atoms with E-state index in [1.165, 1.54) is 0 Å². The Labute approximate surface area is 245 Å². The van der Waals surface area contributed by atoms with Gasteiger partial charge < -0.3 is 34.4 Å². The topological polar surface area (TPSA) is 96.4 Å². The Bertz CT molecular complexity index is 1350. The quantitative estimate of drug-likeness (QED) is 0.385. The molecule has 3 atom stereocenters. The molecule has 216 valence electrons. The predicted octanol–water partition coefficient (Wildman–Crippen LogP) is 4.44.